The van der Waals surface area contributed by atoms with Gasteiger partial charge in [-0.3, -0.25) is 4.79 Å². The fourth-order valence-electron chi connectivity index (χ4n) is 4.44. The molecule has 1 fully saturated rings. The van der Waals surface area contributed by atoms with Crippen molar-refractivity contribution in [2.24, 2.45) is 0 Å². The van der Waals surface area contributed by atoms with Crippen LogP contribution in [0, 0.1) is 0 Å². The molecule has 2 aromatic carbocycles. The number of aromatic nitrogens is 2. The van der Waals surface area contributed by atoms with Gasteiger partial charge in [-0.25, -0.2) is 9.97 Å². The van der Waals surface area contributed by atoms with Crippen LogP contribution in [0.1, 0.15) is 21.6 Å². The largest absolute Gasteiger partial charge is 0.497 e. The number of benzene rings is 2. The normalized spacial score (nSPS) is 15.6. The Kier molecular flexibility index (Phi) is 6.31. The Balaban J connectivity index is 1.50. The summed E-state index contributed by atoms with van der Waals surface area (Å²) in [7, 11) is 3.16. The van der Waals surface area contributed by atoms with E-state index in [-0.39, 0.29) is 5.91 Å². The number of amides is 1. The lowest BCUT2D eigenvalue weighted by molar-refractivity contribution is 0.0732. The number of hydrogen-bond donors (Lipinski definition) is 0. The first-order valence-electron chi connectivity index (χ1n) is 11.5. The zero-order chi connectivity index (χ0) is 23.5. The molecule has 176 valence electrons. The Morgan fingerprint density at radius 3 is 2.32 bits per heavy atom. The minimum absolute atomic E-state index is 0.0667. The van der Waals surface area contributed by atoms with Gasteiger partial charge < -0.3 is 24.0 Å². The second-order valence-corrected chi connectivity index (χ2v) is 8.34. The molecule has 3 heterocycles. The molecule has 0 N–H and O–H groups in total. The lowest BCUT2D eigenvalue weighted by Crippen LogP contribution is -2.41. The lowest BCUT2D eigenvalue weighted by atomic mass is 10.0. The molecule has 0 atom stereocenters. The second-order valence-electron chi connectivity index (χ2n) is 8.34. The minimum Gasteiger partial charge on any atom is -0.497 e. The van der Waals surface area contributed by atoms with Gasteiger partial charge in [-0.1, -0.05) is 30.3 Å². The minimum atomic E-state index is -0.0667. The van der Waals surface area contributed by atoms with Crippen molar-refractivity contribution in [1.29, 1.82) is 0 Å². The van der Waals surface area contributed by atoms with Crippen molar-refractivity contribution in [3.8, 4) is 22.9 Å². The van der Waals surface area contributed by atoms with Gasteiger partial charge in [0.25, 0.3) is 5.91 Å². The van der Waals surface area contributed by atoms with Crippen LogP contribution in [0.2, 0.25) is 0 Å². The topological polar surface area (TPSA) is 77.0 Å². The van der Waals surface area contributed by atoms with Crippen molar-refractivity contribution in [3.05, 3.63) is 65.4 Å². The average Bonchev–Trinajstić information content (AvgIpc) is 2.92. The van der Waals surface area contributed by atoms with E-state index in [1.807, 2.05) is 35.2 Å². The summed E-state index contributed by atoms with van der Waals surface area (Å²) in [6, 6.07) is 15.3. The molecule has 1 saturated heterocycles. The maximum Gasteiger partial charge on any atom is 0.254 e. The van der Waals surface area contributed by atoms with Gasteiger partial charge in [0.05, 0.1) is 39.7 Å². The zero-order valence-electron chi connectivity index (χ0n) is 19.5. The van der Waals surface area contributed by atoms with Crippen molar-refractivity contribution >= 4 is 11.7 Å². The Hall–Kier alpha value is -3.65. The standard InChI is InChI=1S/C26H28N4O4/c1-32-20-14-19(15-21(16-20)33-2)26(31)30-9-8-23-22(17-30)25(29-10-12-34-13-11-29)28-24(27-23)18-6-4-3-5-7-18/h3-7,14-16H,8-13,17H2,1-2H3. The summed E-state index contributed by atoms with van der Waals surface area (Å²) >= 11 is 0. The smallest absolute Gasteiger partial charge is 0.254 e. The van der Waals surface area contributed by atoms with E-state index >= 15 is 0 Å². The van der Waals surface area contributed by atoms with Gasteiger partial charge >= 0.3 is 0 Å². The van der Waals surface area contributed by atoms with E-state index in [9.17, 15) is 4.79 Å². The van der Waals surface area contributed by atoms with Crippen LogP contribution in [0.15, 0.2) is 48.5 Å². The van der Waals surface area contributed by atoms with Crippen LogP contribution in [-0.2, 0) is 17.7 Å². The van der Waals surface area contributed by atoms with Crippen LogP contribution < -0.4 is 14.4 Å². The van der Waals surface area contributed by atoms with E-state index in [1.54, 1.807) is 32.4 Å². The van der Waals surface area contributed by atoms with E-state index in [1.165, 1.54) is 0 Å². The number of methoxy groups -OCH3 is 2. The van der Waals surface area contributed by atoms with Crippen molar-refractivity contribution in [1.82, 2.24) is 14.9 Å². The fraction of sp³-hybridized carbons (Fsp3) is 0.346. The van der Waals surface area contributed by atoms with Crippen molar-refractivity contribution in [3.63, 3.8) is 0 Å². The number of ether oxygens (including phenoxy) is 3. The Bertz CT molecular complexity index is 1160. The predicted octanol–water partition coefficient (Wildman–Crippen LogP) is 3.20. The average molecular weight is 461 g/mol. The summed E-state index contributed by atoms with van der Waals surface area (Å²) in [6.07, 6.45) is 0.669. The molecule has 0 radical (unpaired) electrons. The summed E-state index contributed by atoms with van der Waals surface area (Å²) in [6.45, 7) is 3.88. The molecule has 2 aliphatic heterocycles. The van der Waals surface area contributed by atoms with Crippen molar-refractivity contribution in [2.75, 3.05) is 52.0 Å². The predicted molar refractivity (Wildman–Crippen MR) is 128 cm³/mol. The molecule has 2 aliphatic rings. The molecule has 1 aromatic heterocycles. The van der Waals surface area contributed by atoms with E-state index in [4.69, 9.17) is 24.2 Å². The van der Waals surface area contributed by atoms with Gasteiger partial charge in [0.15, 0.2) is 5.82 Å². The molecule has 8 heteroatoms. The zero-order valence-corrected chi connectivity index (χ0v) is 19.5. The summed E-state index contributed by atoms with van der Waals surface area (Å²) in [5.74, 6) is 2.73. The molecule has 8 nitrogen and oxygen atoms in total. The van der Waals surface area contributed by atoms with Crippen LogP contribution in [0.4, 0.5) is 5.82 Å². The van der Waals surface area contributed by atoms with E-state index < -0.39 is 0 Å². The highest BCUT2D eigenvalue weighted by atomic mass is 16.5. The number of anilines is 1. The van der Waals surface area contributed by atoms with Crippen LogP contribution >= 0.6 is 0 Å². The molecule has 0 aliphatic carbocycles. The maximum atomic E-state index is 13.5. The third-order valence-electron chi connectivity index (χ3n) is 6.27. The summed E-state index contributed by atoms with van der Waals surface area (Å²) < 4.78 is 16.3. The molecule has 5 rings (SSSR count). The first-order chi connectivity index (χ1) is 16.7. The molecule has 34 heavy (non-hydrogen) atoms. The summed E-state index contributed by atoms with van der Waals surface area (Å²) in [4.78, 5) is 27.5. The first-order valence-corrected chi connectivity index (χ1v) is 11.5. The van der Waals surface area contributed by atoms with Crippen LogP contribution in [0.25, 0.3) is 11.4 Å². The highest BCUT2D eigenvalue weighted by Crippen LogP contribution is 2.31. The molecule has 0 bridgehead atoms. The molecule has 0 spiro atoms. The van der Waals surface area contributed by atoms with E-state index in [2.05, 4.69) is 4.90 Å². The highest BCUT2D eigenvalue weighted by molar-refractivity contribution is 5.95. The second kappa shape index (κ2) is 9.69. The van der Waals surface area contributed by atoms with Crippen LogP contribution in [0.3, 0.4) is 0 Å². The summed E-state index contributed by atoms with van der Waals surface area (Å²) in [5.41, 5.74) is 3.54. The van der Waals surface area contributed by atoms with Crippen molar-refractivity contribution < 1.29 is 19.0 Å². The van der Waals surface area contributed by atoms with Crippen LogP contribution in [-0.4, -0.2) is 67.8 Å². The van der Waals surface area contributed by atoms with Crippen molar-refractivity contribution in [2.45, 2.75) is 13.0 Å². The lowest BCUT2D eigenvalue weighted by Gasteiger charge is -2.34. The molecule has 0 unspecified atom stereocenters. The van der Waals surface area contributed by atoms with Crippen LogP contribution in [0.5, 0.6) is 11.5 Å². The molecule has 0 saturated carbocycles. The number of morpholine rings is 1. The van der Waals surface area contributed by atoms with E-state index in [0.717, 1.165) is 41.6 Å². The van der Waals surface area contributed by atoms with Gasteiger partial charge in [-0.2, -0.15) is 0 Å². The summed E-state index contributed by atoms with van der Waals surface area (Å²) in [5, 5.41) is 0. The molecule has 3 aromatic rings. The number of nitrogens with zero attached hydrogens (tertiary/aromatic N) is 4. The Morgan fingerprint density at radius 2 is 1.65 bits per heavy atom. The SMILES string of the molecule is COc1cc(OC)cc(C(=O)N2CCc3nc(-c4ccccc4)nc(N4CCOCC4)c3C2)c1. The third kappa shape index (κ3) is 4.41. The third-order valence-corrected chi connectivity index (χ3v) is 6.27. The quantitative estimate of drug-likeness (QED) is 0.579. The van der Waals surface area contributed by atoms with Gasteiger partial charge in [0, 0.05) is 48.8 Å². The molecular weight excluding hydrogens is 432 g/mol. The molecular formula is C26H28N4O4. The van der Waals surface area contributed by atoms with Gasteiger partial charge in [-0.15, -0.1) is 0 Å². The first kappa shape index (κ1) is 22.2. The van der Waals surface area contributed by atoms with Gasteiger partial charge in [-0.05, 0) is 12.1 Å². The maximum absolute atomic E-state index is 13.5. The number of fused-ring (bicyclic) bond motifs is 1. The molecule has 1 amide bonds. The Labute approximate surface area is 199 Å². The Morgan fingerprint density at radius 1 is 0.941 bits per heavy atom. The van der Waals surface area contributed by atoms with Gasteiger partial charge in [0.1, 0.15) is 17.3 Å². The highest BCUT2D eigenvalue weighted by Gasteiger charge is 2.29. The van der Waals surface area contributed by atoms with Gasteiger partial charge in [0.2, 0.25) is 0 Å². The fourth-order valence-corrected chi connectivity index (χ4v) is 4.44. The number of hydrogen-bond acceptors (Lipinski definition) is 7. The number of carbonyl (C=O) groups excluding carboxylic acids is 1. The van der Waals surface area contributed by atoms with E-state index in [0.29, 0.717) is 49.8 Å². The monoisotopic (exact) mass is 460 g/mol. The number of carbonyl (C=O) groups is 1. The number of rotatable bonds is 5.